The van der Waals surface area contributed by atoms with Crippen molar-refractivity contribution in [2.75, 3.05) is 0 Å². The molecule has 3 N–H and O–H groups in total. The molecule has 31 heavy (non-hydrogen) atoms. The molecule has 5 nitrogen and oxygen atoms in total. The van der Waals surface area contributed by atoms with Crippen molar-refractivity contribution < 1.29 is 0 Å². The van der Waals surface area contributed by atoms with Crippen molar-refractivity contribution in [3.8, 4) is 21.7 Å². The molecule has 0 aliphatic heterocycles. The number of thiophene rings is 1. The van der Waals surface area contributed by atoms with E-state index in [-0.39, 0.29) is 6.04 Å². The van der Waals surface area contributed by atoms with Gasteiger partial charge in [0.25, 0.3) is 0 Å². The Morgan fingerprint density at radius 3 is 2.81 bits per heavy atom. The summed E-state index contributed by atoms with van der Waals surface area (Å²) in [5.41, 5.74) is 17.2. The Hall–Kier alpha value is -2.96. The van der Waals surface area contributed by atoms with Crippen LogP contribution in [0.15, 0.2) is 42.9 Å². The molecule has 0 fully saturated rings. The highest BCUT2D eigenvalue weighted by Gasteiger charge is 2.22. The summed E-state index contributed by atoms with van der Waals surface area (Å²) in [6.07, 6.45) is 5.66. The van der Waals surface area contributed by atoms with E-state index in [4.69, 9.17) is 5.73 Å². The zero-order valence-corrected chi connectivity index (χ0v) is 18.8. The molecule has 0 saturated heterocycles. The first-order valence-corrected chi connectivity index (χ1v) is 11.6. The molecule has 6 heteroatoms. The first-order chi connectivity index (χ1) is 15.0. The van der Waals surface area contributed by atoms with Crippen LogP contribution < -0.4 is 5.73 Å². The third kappa shape index (κ3) is 2.93. The highest BCUT2D eigenvalue weighted by Crippen LogP contribution is 2.43. The van der Waals surface area contributed by atoms with Crippen LogP contribution in [0.3, 0.4) is 0 Å². The zero-order valence-electron chi connectivity index (χ0n) is 17.9. The van der Waals surface area contributed by atoms with Gasteiger partial charge in [0, 0.05) is 22.7 Å². The first kappa shape index (κ1) is 18.8. The van der Waals surface area contributed by atoms with Crippen LogP contribution in [0.25, 0.3) is 37.6 Å². The summed E-state index contributed by atoms with van der Waals surface area (Å²) in [7, 11) is 0. The largest absolute Gasteiger partial charge is 0.354 e. The van der Waals surface area contributed by atoms with Crippen LogP contribution in [-0.2, 0) is 12.8 Å². The number of nitrogens with zero attached hydrogens (tertiary/aromatic N) is 3. The van der Waals surface area contributed by atoms with Crippen molar-refractivity contribution in [2.45, 2.75) is 45.6 Å². The fraction of sp³-hybridized carbons (Fsp3) is 0.280. The zero-order chi connectivity index (χ0) is 21.3. The van der Waals surface area contributed by atoms with Crippen LogP contribution in [-0.4, -0.2) is 25.6 Å². The van der Waals surface area contributed by atoms with Crippen molar-refractivity contribution in [3.05, 3.63) is 65.1 Å². The number of benzene rings is 1. The van der Waals surface area contributed by atoms with Gasteiger partial charge in [0.1, 0.15) is 6.33 Å². The quantitative estimate of drug-likeness (QED) is 0.401. The van der Waals surface area contributed by atoms with E-state index in [9.17, 15) is 0 Å². The summed E-state index contributed by atoms with van der Waals surface area (Å²) in [6.45, 7) is 6.62. The van der Waals surface area contributed by atoms with E-state index in [0.717, 1.165) is 29.6 Å². The molecule has 0 spiro atoms. The number of hydrogen-bond donors (Lipinski definition) is 2. The van der Waals surface area contributed by atoms with Gasteiger partial charge in [0.2, 0.25) is 0 Å². The van der Waals surface area contributed by atoms with Gasteiger partial charge in [-0.25, -0.2) is 9.50 Å². The Balaban J connectivity index is 1.48. The number of rotatable bonds is 3. The molecule has 1 atom stereocenters. The van der Waals surface area contributed by atoms with E-state index in [2.05, 4.69) is 72.4 Å². The van der Waals surface area contributed by atoms with Crippen molar-refractivity contribution in [1.29, 1.82) is 0 Å². The summed E-state index contributed by atoms with van der Waals surface area (Å²) >= 11 is 1.88. The Labute approximate surface area is 184 Å². The standard InChI is InChI=1S/C25H25N5S/c1-13(2)22-23(18-6-14(3)25-27-12-28-30(25)11-18)29-20-10-21(31-24(20)22)16-5-4-15-8-19(26)9-17(15)7-16/h4-7,10-13,19,29H,8-9,26H2,1-3H3. The second kappa shape index (κ2) is 6.77. The molecule has 4 aromatic heterocycles. The summed E-state index contributed by atoms with van der Waals surface area (Å²) in [5, 5.41) is 4.35. The van der Waals surface area contributed by atoms with Gasteiger partial charge in [-0.15, -0.1) is 11.3 Å². The molecule has 0 saturated carbocycles. The Bertz CT molecular complexity index is 1450. The number of fused-ring (bicyclic) bond motifs is 3. The highest BCUT2D eigenvalue weighted by molar-refractivity contribution is 7.22. The molecule has 1 aromatic carbocycles. The minimum absolute atomic E-state index is 0.268. The number of aromatic nitrogens is 4. The average Bonchev–Trinajstić information content (AvgIpc) is 3.47. The number of hydrogen-bond acceptors (Lipinski definition) is 4. The van der Waals surface area contributed by atoms with Crippen LogP contribution in [0.5, 0.6) is 0 Å². The van der Waals surface area contributed by atoms with Gasteiger partial charge in [-0.05, 0) is 65.6 Å². The molecule has 0 radical (unpaired) electrons. The van der Waals surface area contributed by atoms with Crippen molar-refractivity contribution in [1.82, 2.24) is 19.6 Å². The molecule has 1 aliphatic carbocycles. The second-order valence-electron chi connectivity index (χ2n) is 9.01. The lowest BCUT2D eigenvalue weighted by molar-refractivity contribution is 0.721. The molecule has 1 unspecified atom stereocenters. The fourth-order valence-electron chi connectivity index (χ4n) is 4.96. The minimum atomic E-state index is 0.268. The molecular formula is C25H25N5S. The SMILES string of the molecule is Cc1cc(-c2[nH]c3cc(-c4ccc5c(c4)CC(N)C5)sc3c2C(C)C)cn2ncnc12. The van der Waals surface area contributed by atoms with Crippen LogP contribution in [0, 0.1) is 6.92 Å². The van der Waals surface area contributed by atoms with Crippen LogP contribution in [0.2, 0.25) is 0 Å². The summed E-state index contributed by atoms with van der Waals surface area (Å²) in [6, 6.07) is 11.6. The summed E-state index contributed by atoms with van der Waals surface area (Å²) < 4.78 is 3.21. The summed E-state index contributed by atoms with van der Waals surface area (Å²) in [5.74, 6) is 0.403. The van der Waals surface area contributed by atoms with Crippen molar-refractivity contribution >= 4 is 27.2 Å². The molecule has 0 amide bonds. The van der Waals surface area contributed by atoms with E-state index >= 15 is 0 Å². The number of nitrogens with two attached hydrogens (primary N) is 1. The topological polar surface area (TPSA) is 72.0 Å². The van der Waals surface area contributed by atoms with Crippen LogP contribution in [0.4, 0.5) is 0 Å². The van der Waals surface area contributed by atoms with Gasteiger partial charge in [-0.1, -0.05) is 32.0 Å². The Morgan fingerprint density at radius 2 is 1.97 bits per heavy atom. The van der Waals surface area contributed by atoms with E-state index in [0.29, 0.717) is 5.92 Å². The van der Waals surface area contributed by atoms with Gasteiger partial charge >= 0.3 is 0 Å². The van der Waals surface area contributed by atoms with E-state index in [1.165, 1.54) is 43.0 Å². The predicted octanol–water partition coefficient (Wildman–Crippen LogP) is 5.46. The minimum Gasteiger partial charge on any atom is -0.354 e. The number of pyridine rings is 1. The van der Waals surface area contributed by atoms with Crippen molar-refractivity contribution in [3.63, 3.8) is 0 Å². The molecule has 1 aliphatic rings. The maximum Gasteiger partial charge on any atom is 0.158 e. The second-order valence-corrected chi connectivity index (χ2v) is 10.1. The Morgan fingerprint density at radius 1 is 1.13 bits per heavy atom. The number of H-pyrrole nitrogens is 1. The highest BCUT2D eigenvalue weighted by atomic mass is 32.1. The number of aryl methyl sites for hydroxylation is 1. The number of aromatic amines is 1. The lowest BCUT2D eigenvalue weighted by Crippen LogP contribution is -2.18. The molecule has 156 valence electrons. The van der Waals surface area contributed by atoms with Gasteiger partial charge in [-0.3, -0.25) is 0 Å². The molecule has 5 aromatic rings. The molecular weight excluding hydrogens is 402 g/mol. The van der Waals surface area contributed by atoms with Crippen LogP contribution in [0.1, 0.15) is 42.0 Å². The fourth-order valence-corrected chi connectivity index (χ4v) is 6.27. The van der Waals surface area contributed by atoms with E-state index < -0.39 is 0 Å². The third-order valence-corrected chi connectivity index (χ3v) is 7.60. The lowest BCUT2D eigenvalue weighted by Gasteiger charge is -2.10. The van der Waals surface area contributed by atoms with E-state index in [1.807, 2.05) is 15.9 Å². The van der Waals surface area contributed by atoms with Gasteiger partial charge in [0.15, 0.2) is 5.65 Å². The predicted molar refractivity (Wildman–Crippen MR) is 128 cm³/mol. The third-order valence-electron chi connectivity index (χ3n) is 6.39. The maximum absolute atomic E-state index is 6.17. The number of nitrogens with one attached hydrogen (secondary N) is 1. The molecule has 6 rings (SSSR count). The van der Waals surface area contributed by atoms with Crippen molar-refractivity contribution in [2.24, 2.45) is 5.73 Å². The van der Waals surface area contributed by atoms with Crippen LogP contribution >= 0.6 is 11.3 Å². The van der Waals surface area contributed by atoms with Gasteiger partial charge < -0.3 is 10.7 Å². The average molecular weight is 428 g/mol. The maximum atomic E-state index is 6.17. The van der Waals surface area contributed by atoms with E-state index in [1.54, 1.807) is 6.33 Å². The first-order valence-electron chi connectivity index (χ1n) is 10.8. The summed E-state index contributed by atoms with van der Waals surface area (Å²) in [4.78, 5) is 9.38. The molecule has 4 heterocycles. The Kier molecular flexibility index (Phi) is 4.10. The lowest BCUT2D eigenvalue weighted by atomic mass is 9.99. The molecule has 0 bridgehead atoms. The normalized spacial score (nSPS) is 16.1. The monoisotopic (exact) mass is 427 g/mol. The van der Waals surface area contributed by atoms with Gasteiger partial charge in [-0.2, -0.15) is 5.10 Å². The smallest absolute Gasteiger partial charge is 0.158 e. The van der Waals surface area contributed by atoms with Gasteiger partial charge in [0.05, 0.1) is 15.9 Å².